The summed E-state index contributed by atoms with van der Waals surface area (Å²) in [4.78, 5) is 0. The summed E-state index contributed by atoms with van der Waals surface area (Å²) in [6.45, 7) is 13.5. The molecule has 0 bridgehead atoms. The molecule has 0 aliphatic heterocycles. The van der Waals surface area contributed by atoms with Crippen molar-refractivity contribution in [3.63, 3.8) is 0 Å². The first-order chi connectivity index (χ1) is 12.9. The number of allylic oxidation sites excluding steroid dienone is 4. The van der Waals surface area contributed by atoms with Crippen molar-refractivity contribution in [1.29, 1.82) is 0 Å². The van der Waals surface area contributed by atoms with Crippen molar-refractivity contribution in [1.82, 2.24) is 0 Å². The van der Waals surface area contributed by atoms with Gasteiger partial charge in [-0.2, -0.15) is 0 Å². The van der Waals surface area contributed by atoms with Gasteiger partial charge < -0.3 is 0 Å². The SMILES string of the molecule is C1=CC(c2ccccc2)C=C1.CS[C-]=[Fe].[C-]#[O+].[C-]#[O+].[C-]#[O+].[CH]1[CH][CH][CH][CH]1.[Fe+2]. The normalized spacial score (nSPS) is 12.1. The first-order valence-electron chi connectivity index (χ1n) is 6.93. The fraction of sp³-hybridized carbons (Fsp3) is 0.0952. The van der Waals surface area contributed by atoms with E-state index in [-0.39, 0.29) is 17.1 Å². The molecule has 6 heteroatoms. The Morgan fingerprint density at radius 2 is 1.15 bits per heavy atom. The maximum absolute atomic E-state index is 7.50. The van der Waals surface area contributed by atoms with E-state index in [4.69, 9.17) is 14.0 Å². The molecule has 1 aromatic carbocycles. The smallest absolute Gasteiger partial charge is 0.0312 e. The zero-order valence-electron chi connectivity index (χ0n) is 14.5. The molecule has 0 unspecified atom stereocenters. The topological polar surface area (TPSA) is 59.7 Å². The zero-order valence-corrected chi connectivity index (χ0v) is 17.5. The summed E-state index contributed by atoms with van der Waals surface area (Å²) in [6.07, 6.45) is 20.5. The molecule has 0 atom stereocenters. The molecule has 3 rings (SSSR count). The van der Waals surface area contributed by atoms with Crippen molar-refractivity contribution >= 4 is 16.0 Å². The molecule has 0 amide bonds. The van der Waals surface area contributed by atoms with Gasteiger partial charge in [-0.1, -0.05) is 54.6 Å². The van der Waals surface area contributed by atoms with Crippen molar-refractivity contribution in [3.05, 3.63) is 112 Å². The predicted molar refractivity (Wildman–Crippen MR) is 99.3 cm³/mol. The number of rotatable bonds is 2. The van der Waals surface area contributed by atoms with E-state index in [0.29, 0.717) is 5.92 Å². The average molecular weight is 462 g/mol. The molecule has 2 aliphatic rings. The van der Waals surface area contributed by atoms with Crippen LogP contribution in [0.4, 0.5) is 0 Å². The van der Waals surface area contributed by atoms with Gasteiger partial charge in [0.05, 0.1) is 0 Å². The minimum absolute atomic E-state index is 0. The van der Waals surface area contributed by atoms with Crippen LogP contribution in [0.25, 0.3) is 0 Å². The third-order valence-corrected chi connectivity index (χ3v) is 3.38. The molecule has 0 heterocycles. The van der Waals surface area contributed by atoms with Crippen molar-refractivity contribution in [3.8, 4) is 0 Å². The average Bonchev–Trinajstić information content (AvgIpc) is 3.50. The second-order valence-corrected chi connectivity index (χ2v) is 5.17. The van der Waals surface area contributed by atoms with Gasteiger partial charge in [-0.05, 0) is 37.7 Å². The summed E-state index contributed by atoms with van der Waals surface area (Å²) < 4.78 is 25.1. The minimum Gasteiger partial charge on any atom is -0.0312 e. The van der Waals surface area contributed by atoms with Crippen LogP contribution in [-0.4, -0.2) is 10.5 Å². The van der Waals surface area contributed by atoms with Crippen LogP contribution in [0.3, 0.4) is 0 Å². The van der Waals surface area contributed by atoms with Gasteiger partial charge in [-0.3, -0.25) is 0 Å². The van der Waals surface area contributed by atoms with E-state index >= 15 is 0 Å². The van der Waals surface area contributed by atoms with Crippen LogP contribution in [-0.2, 0) is 46.6 Å². The monoisotopic (exact) mass is 462 g/mol. The minimum atomic E-state index is 0. The standard InChI is InChI=1S/C11H10.C5H5.C2H3S.3CO.2Fe/c1-2-6-10(7-3-1)11-8-4-5-9-11;1-2-4-5-3-1;1-3-2;3*1-2;;/h1-9,11H;1-5H;1H3;;;;;/q;;-1;;;;;+2. The Kier molecular flexibility index (Phi) is 41.0. The van der Waals surface area contributed by atoms with Crippen LogP contribution >= 0.6 is 11.8 Å². The van der Waals surface area contributed by atoms with Gasteiger partial charge in [0, 0.05) is 5.92 Å². The molecule has 1 aromatic rings. The quantitative estimate of drug-likeness (QED) is 0.367. The second-order valence-electron chi connectivity index (χ2n) is 3.94. The molecular weight excluding hydrogens is 444 g/mol. The van der Waals surface area contributed by atoms with Crippen molar-refractivity contribution in [2.45, 2.75) is 5.92 Å². The third kappa shape index (κ3) is 23.1. The van der Waals surface area contributed by atoms with Crippen molar-refractivity contribution < 1.29 is 46.6 Å². The Bertz CT molecular complexity index is 499. The molecule has 1 fully saturated rings. The van der Waals surface area contributed by atoms with E-state index in [2.05, 4.69) is 88.3 Å². The predicted octanol–water partition coefficient (Wildman–Crippen LogP) is 4.34. The van der Waals surface area contributed by atoms with E-state index in [1.54, 1.807) is 0 Å². The van der Waals surface area contributed by atoms with Crippen LogP contribution in [0.5, 0.6) is 0 Å². The molecule has 0 spiro atoms. The number of hydrogen-bond acceptors (Lipinski definition) is 1. The summed E-state index contributed by atoms with van der Waals surface area (Å²) in [6, 6.07) is 10.5. The maximum atomic E-state index is 7.50. The van der Waals surface area contributed by atoms with E-state index in [0.717, 1.165) is 0 Å². The Morgan fingerprint density at radius 3 is 1.44 bits per heavy atom. The summed E-state index contributed by atoms with van der Waals surface area (Å²) in [5.41, 5.74) is 1.37. The molecular formula is C21H18Fe2O3S+. The van der Waals surface area contributed by atoms with Crippen LogP contribution < -0.4 is 0 Å². The molecule has 141 valence electrons. The number of hydrogen-bond donors (Lipinski definition) is 0. The fourth-order valence-corrected chi connectivity index (χ4v) is 1.65. The molecule has 3 nitrogen and oxygen atoms in total. The van der Waals surface area contributed by atoms with Gasteiger partial charge in [-0.25, -0.2) is 0 Å². The molecule has 2 aliphatic carbocycles. The third-order valence-electron chi connectivity index (χ3n) is 2.56. The summed E-state index contributed by atoms with van der Waals surface area (Å²) in [5, 5.41) is 0. The Morgan fingerprint density at radius 1 is 0.815 bits per heavy atom. The Labute approximate surface area is 186 Å². The van der Waals surface area contributed by atoms with Crippen molar-refractivity contribution in [2.24, 2.45) is 0 Å². The maximum Gasteiger partial charge on any atom is 2.00 e. The van der Waals surface area contributed by atoms with Crippen LogP contribution in [0, 0.1) is 52.1 Å². The number of benzene rings is 1. The van der Waals surface area contributed by atoms with E-state index in [1.807, 2.05) is 44.4 Å². The van der Waals surface area contributed by atoms with Gasteiger partial charge in [0.15, 0.2) is 0 Å². The first kappa shape index (κ1) is 33.7. The van der Waals surface area contributed by atoms with Gasteiger partial charge >= 0.3 is 88.8 Å². The largest absolute Gasteiger partial charge is 2.00 e. The van der Waals surface area contributed by atoms with E-state index in [9.17, 15) is 0 Å². The summed E-state index contributed by atoms with van der Waals surface area (Å²) in [5.74, 6) is 0.510. The van der Waals surface area contributed by atoms with E-state index < -0.39 is 0 Å². The summed E-state index contributed by atoms with van der Waals surface area (Å²) >= 11 is 4.81. The van der Waals surface area contributed by atoms with Gasteiger partial charge in [0.1, 0.15) is 0 Å². The van der Waals surface area contributed by atoms with Gasteiger partial charge in [0.25, 0.3) is 0 Å². The fourth-order valence-electron chi connectivity index (χ4n) is 1.65. The molecule has 0 aromatic heterocycles. The van der Waals surface area contributed by atoms with Gasteiger partial charge in [-0.15, -0.1) is 0 Å². The molecule has 0 N–H and O–H groups in total. The number of thioether (sulfide) groups is 1. The van der Waals surface area contributed by atoms with Gasteiger partial charge in [0.2, 0.25) is 0 Å². The van der Waals surface area contributed by atoms with Crippen molar-refractivity contribution in [2.75, 3.05) is 6.26 Å². The van der Waals surface area contributed by atoms with Crippen LogP contribution in [0.1, 0.15) is 11.5 Å². The van der Waals surface area contributed by atoms with E-state index in [1.165, 1.54) is 17.3 Å². The molecule has 5 radical (unpaired) electrons. The van der Waals surface area contributed by atoms with Crippen LogP contribution in [0.2, 0.25) is 0 Å². The molecule has 1 saturated carbocycles. The molecule has 27 heavy (non-hydrogen) atoms. The zero-order chi connectivity index (χ0) is 20.5. The Balaban J connectivity index is -0.000000141. The van der Waals surface area contributed by atoms with Crippen LogP contribution in [0.15, 0.2) is 54.6 Å². The summed E-state index contributed by atoms with van der Waals surface area (Å²) in [7, 11) is 0. The first-order valence-corrected chi connectivity index (χ1v) is 8.71. The Hall–Kier alpha value is -0.821. The molecule has 0 saturated heterocycles. The second kappa shape index (κ2) is 32.8.